The normalized spacial score (nSPS) is 28.3. The number of ketones is 1. The van der Waals surface area contributed by atoms with Gasteiger partial charge in [-0.1, -0.05) is 102 Å². The molecule has 0 amide bonds. The Morgan fingerprint density at radius 2 is 1.24 bits per heavy atom. The van der Waals surface area contributed by atoms with Crippen LogP contribution in [0.2, 0.25) is 18.1 Å². The fourth-order valence-electron chi connectivity index (χ4n) is 13.5. The standard InChI is InChI=1S/C31H45NO5Si.C27H35NO6/c1-11-19(12-2)21-16-24(37-38(9,10)29(3,4)5)31(8)27(30(21,6)7)26(33)25-23(36-31)17-22(35-28(25)34)20-14-13-15-32-18-20;1-7-16(8-2)18-12-21(32-15(3)29)27(6)24(26(18,4)5)23(30)22-20(34-27)13-19(33-25(22)31)17-10-9-11-28-14-17/h13-15,17-19,21,24,27H,11-12,16H2,1-10H3;9-11,13-14,16,18,21,23-24,30H,7-8,12H2,1-6H3/t21-,24-,27+,31+;18-,21-,23-,24+,27+/m00/s1. The van der Waals surface area contributed by atoms with Crippen LogP contribution < -0.4 is 20.7 Å². The van der Waals surface area contributed by atoms with Crippen LogP contribution in [0.25, 0.3) is 22.6 Å². The van der Waals surface area contributed by atoms with Gasteiger partial charge in [-0.3, -0.25) is 19.6 Å². The molecule has 1 N–H and O–H groups in total. The summed E-state index contributed by atoms with van der Waals surface area (Å²) >= 11 is 0. The van der Waals surface area contributed by atoms with Gasteiger partial charge in [-0.25, -0.2) is 9.59 Å². The van der Waals surface area contributed by atoms with Crippen molar-refractivity contribution in [1.29, 1.82) is 0 Å². The molecule has 2 saturated carbocycles. The van der Waals surface area contributed by atoms with Crippen LogP contribution in [0.4, 0.5) is 0 Å². The smallest absolute Gasteiger partial charge is 0.351 e. The lowest BCUT2D eigenvalue weighted by molar-refractivity contribution is -0.231. The third kappa shape index (κ3) is 9.57. The lowest BCUT2D eigenvalue weighted by atomic mass is 9.50. The van der Waals surface area contributed by atoms with Gasteiger partial charge in [0.15, 0.2) is 14.1 Å². The van der Waals surface area contributed by atoms with Crippen LogP contribution in [-0.2, 0) is 14.0 Å². The molecule has 0 saturated heterocycles. The van der Waals surface area contributed by atoms with Crippen LogP contribution in [0.1, 0.15) is 157 Å². The molecule has 2 fully saturated rings. The lowest BCUT2D eigenvalue weighted by Crippen LogP contribution is -2.69. The quantitative estimate of drug-likeness (QED) is 0.111. The number of hydrogen-bond acceptors (Lipinski definition) is 13. The Kier molecular flexibility index (Phi) is 15.3. The van der Waals surface area contributed by atoms with E-state index in [2.05, 4.69) is 99.2 Å². The van der Waals surface area contributed by atoms with Crippen LogP contribution in [0.3, 0.4) is 0 Å². The van der Waals surface area contributed by atoms with Gasteiger partial charge in [0.2, 0.25) is 0 Å². The molecule has 392 valence electrons. The second-order valence-corrected chi connectivity index (χ2v) is 28.8. The molecule has 4 aromatic rings. The summed E-state index contributed by atoms with van der Waals surface area (Å²) < 4.78 is 37.6. The first-order valence-electron chi connectivity index (χ1n) is 26.2. The van der Waals surface area contributed by atoms with Crippen molar-refractivity contribution >= 4 is 20.1 Å². The molecule has 4 aromatic heterocycles. The van der Waals surface area contributed by atoms with Gasteiger partial charge in [0.1, 0.15) is 51.5 Å². The predicted molar refractivity (Wildman–Crippen MR) is 280 cm³/mol. The number of aromatic nitrogens is 2. The zero-order valence-electron chi connectivity index (χ0n) is 45.6. The SMILES string of the molecule is CCC(CC)[C@@H]1C[C@H](OC(C)=O)[C@@]2(C)Oc3cc(-c4cccnc4)oc(=O)c3[C@H](O)[C@@H]2C1(C)C.CCC(CC)[C@@H]1C[C@H](O[Si](C)(C)C(C)(C)C)[C@@]2(C)Oc3cc(-c4cccnc4)oc(=O)c3C(=O)[C@@H]2C1(C)C. The van der Waals surface area contributed by atoms with Gasteiger partial charge >= 0.3 is 17.2 Å². The van der Waals surface area contributed by atoms with Crippen molar-refractivity contribution < 1.29 is 42.2 Å². The summed E-state index contributed by atoms with van der Waals surface area (Å²) in [5.41, 5.74) is -2.61. The molecule has 4 aliphatic rings. The average Bonchev–Trinajstić information content (AvgIpc) is 3.29. The second-order valence-electron chi connectivity index (χ2n) is 24.0. The van der Waals surface area contributed by atoms with E-state index in [1.165, 1.54) is 6.92 Å². The van der Waals surface area contributed by atoms with Crippen LogP contribution >= 0.6 is 0 Å². The van der Waals surface area contributed by atoms with E-state index < -0.39 is 65.6 Å². The molecule has 0 aromatic carbocycles. The number of pyridine rings is 2. The Bertz CT molecular complexity index is 2720. The van der Waals surface area contributed by atoms with E-state index >= 15 is 0 Å². The minimum atomic E-state index is -2.21. The van der Waals surface area contributed by atoms with E-state index in [0.29, 0.717) is 40.9 Å². The monoisotopic (exact) mass is 1010 g/mol. The molecule has 2 aliphatic heterocycles. The van der Waals surface area contributed by atoms with E-state index in [-0.39, 0.29) is 57.4 Å². The first kappa shape index (κ1) is 54.8. The van der Waals surface area contributed by atoms with Crippen LogP contribution in [0.5, 0.6) is 11.5 Å². The molecule has 8 rings (SSSR count). The Labute approximate surface area is 427 Å². The van der Waals surface area contributed by atoms with Crippen molar-refractivity contribution in [3.05, 3.63) is 93.2 Å². The summed E-state index contributed by atoms with van der Waals surface area (Å²) in [4.78, 5) is 61.2. The van der Waals surface area contributed by atoms with Crippen LogP contribution in [0.15, 0.2) is 79.6 Å². The fraction of sp³-hybridized carbons (Fsp3) is 0.621. The maximum absolute atomic E-state index is 14.4. The van der Waals surface area contributed by atoms with E-state index in [9.17, 15) is 24.3 Å². The highest BCUT2D eigenvalue weighted by molar-refractivity contribution is 6.74. The largest absolute Gasteiger partial charge is 0.483 e. The molecule has 13 nitrogen and oxygen atoms in total. The van der Waals surface area contributed by atoms with Gasteiger partial charge in [0.05, 0.1) is 18.1 Å². The Morgan fingerprint density at radius 3 is 1.72 bits per heavy atom. The maximum atomic E-state index is 14.4. The van der Waals surface area contributed by atoms with Gasteiger partial charge in [0.25, 0.3) is 0 Å². The summed E-state index contributed by atoms with van der Waals surface area (Å²) in [5, 5.41) is 11.7. The number of fused-ring (bicyclic) bond motifs is 4. The number of rotatable bonds is 11. The molecule has 14 heteroatoms. The molecule has 2 aliphatic carbocycles. The van der Waals surface area contributed by atoms with Crippen LogP contribution in [-0.4, -0.2) is 58.6 Å². The van der Waals surface area contributed by atoms with Gasteiger partial charge in [-0.15, -0.1) is 0 Å². The summed E-state index contributed by atoms with van der Waals surface area (Å²) in [5.74, 6) is 0.836. The maximum Gasteiger partial charge on any atom is 0.351 e. The lowest BCUT2D eigenvalue weighted by Gasteiger charge is -2.61. The first-order chi connectivity index (χ1) is 33.6. The number of hydrogen-bond donors (Lipinski definition) is 1. The van der Waals surface area contributed by atoms with E-state index in [1.807, 2.05) is 19.9 Å². The molecule has 6 heterocycles. The highest BCUT2D eigenvalue weighted by Gasteiger charge is 2.67. The summed E-state index contributed by atoms with van der Waals surface area (Å²) in [6, 6.07) is 10.4. The minimum absolute atomic E-state index is 0.00135. The molecule has 72 heavy (non-hydrogen) atoms. The first-order valence-corrected chi connectivity index (χ1v) is 29.2. The van der Waals surface area contributed by atoms with Crippen LogP contribution in [0, 0.1) is 46.3 Å². The molecular weight excluding hydrogens is 929 g/mol. The predicted octanol–water partition coefficient (Wildman–Crippen LogP) is 12.4. The summed E-state index contributed by atoms with van der Waals surface area (Å²) in [6.45, 7) is 33.9. The highest BCUT2D eigenvalue weighted by atomic mass is 28.4. The Morgan fingerprint density at radius 1 is 0.750 bits per heavy atom. The number of nitrogens with zero attached hydrogens (tertiary/aromatic N) is 2. The third-order valence-corrected chi connectivity index (χ3v) is 22.7. The zero-order chi connectivity index (χ0) is 53.1. The zero-order valence-corrected chi connectivity index (χ0v) is 46.6. The number of carbonyl (C=O) groups excluding carboxylic acids is 2. The van der Waals surface area contributed by atoms with Crippen molar-refractivity contribution in [3.8, 4) is 34.1 Å². The molecule has 0 unspecified atom stereocenters. The summed E-state index contributed by atoms with van der Waals surface area (Å²) in [7, 11) is -2.21. The van der Waals surface area contributed by atoms with Crippen molar-refractivity contribution in [1.82, 2.24) is 9.97 Å². The number of esters is 1. The van der Waals surface area contributed by atoms with Gasteiger partial charge in [0, 0.05) is 60.9 Å². The number of Topliss-reactive ketones (excluding diaryl/α,β-unsaturated/α-hetero) is 1. The fourth-order valence-corrected chi connectivity index (χ4v) is 14.9. The van der Waals surface area contributed by atoms with E-state index in [0.717, 1.165) is 32.1 Å². The second kappa shape index (κ2) is 20.1. The van der Waals surface area contributed by atoms with Crippen molar-refractivity contribution in [3.63, 3.8) is 0 Å². The van der Waals surface area contributed by atoms with Crippen molar-refractivity contribution in [2.75, 3.05) is 0 Å². The van der Waals surface area contributed by atoms with Crippen molar-refractivity contribution in [2.45, 2.75) is 183 Å². The van der Waals surface area contributed by atoms with Crippen molar-refractivity contribution in [2.24, 2.45) is 46.3 Å². The molecule has 0 radical (unpaired) electrons. The third-order valence-electron chi connectivity index (χ3n) is 18.2. The van der Waals surface area contributed by atoms with E-state index in [1.54, 1.807) is 55.1 Å². The number of ether oxygens (including phenoxy) is 3. The van der Waals surface area contributed by atoms with E-state index in [4.69, 9.17) is 27.5 Å². The molecular formula is C58H80N2O11Si. The number of aliphatic hydroxyl groups is 1. The molecule has 0 bridgehead atoms. The molecule has 0 spiro atoms. The topological polar surface area (TPSA) is 177 Å². The summed E-state index contributed by atoms with van der Waals surface area (Å²) in [6.07, 6.45) is 10.0. The number of aliphatic hydroxyl groups excluding tert-OH is 1. The Hall–Kier alpha value is -4.92. The highest BCUT2D eigenvalue weighted by Crippen LogP contribution is 2.62. The van der Waals surface area contributed by atoms with Gasteiger partial charge in [-0.05, 0) is 104 Å². The minimum Gasteiger partial charge on any atom is -0.483 e. The van der Waals surface area contributed by atoms with Gasteiger partial charge < -0.3 is 32.6 Å². The van der Waals surface area contributed by atoms with Gasteiger partial charge in [-0.2, -0.15) is 0 Å². The molecule has 9 atom stereocenters. The number of carbonyl (C=O) groups is 2. The Balaban J connectivity index is 0.000000213. The average molecular weight is 1010 g/mol.